The number of carbonyl (C=O) groups is 1. The van der Waals surface area contributed by atoms with E-state index in [1.165, 1.54) is 9.80 Å². The smallest absolute Gasteiger partial charge is 0.383 e. The molecule has 1 amide bonds. The summed E-state index contributed by atoms with van der Waals surface area (Å²) in [6.07, 6.45) is -1.75. The number of guanidine groups is 1. The van der Waals surface area contributed by atoms with E-state index in [0.29, 0.717) is 44.7 Å². The van der Waals surface area contributed by atoms with Crippen molar-refractivity contribution in [2.45, 2.75) is 25.4 Å². The lowest BCUT2D eigenvalue weighted by Gasteiger charge is -2.32. The molecule has 0 unspecified atom stereocenters. The summed E-state index contributed by atoms with van der Waals surface area (Å²) in [6, 6.07) is 0. The van der Waals surface area contributed by atoms with Crippen LogP contribution in [0.1, 0.15) is 19.3 Å². The second kappa shape index (κ2) is 14.2. The van der Waals surface area contributed by atoms with Crippen LogP contribution in [-0.2, 0) is 9.53 Å². The molecule has 1 heterocycles. The highest BCUT2D eigenvalue weighted by molar-refractivity contribution is 14.0. The molecular formula is C17H33F3IN5O2. The van der Waals surface area contributed by atoms with Gasteiger partial charge in [0.05, 0.1) is 13.2 Å². The van der Waals surface area contributed by atoms with E-state index in [2.05, 4.69) is 15.6 Å². The zero-order chi connectivity index (χ0) is 20.3. The van der Waals surface area contributed by atoms with E-state index in [4.69, 9.17) is 4.74 Å². The first kappa shape index (κ1) is 27.2. The van der Waals surface area contributed by atoms with E-state index in [0.717, 1.165) is 19.3 Å². The van der Waals surface area contributed by atoms with Crippen molar-refractivity contribution in [3.63, 3.8) is 0 Å². The van der Waals surface area contributed by atoms with Crippen LogP contribution in [0.4, 0.5) is 13.2 Å². The topological polar surface area (TPSA) is 69.2 Å². The molecule has 0 spiro atoms. The van der Waals surface area contributed by atoms with Crippen molar-refractivity contribution in [2.24, 2.45) is 10.9 Å². The Kier molecular flexibility index (Phi) is 13.8. The van der Waals surface area contributed by atoms with Crippen molar-refractivity contribution in [2.75, 3.05) is 67.1 Å². The van der Waals surface area contributed by atoms with Gasteiger partial charge in [0.15, 0.2) is 5.96 Å². The normalized spacial score (nSPS) is 16.4. The summed E-state index contributed by atoms with van der Waals surface area (Å²) >= 11 is 0. The molecule has 7 nitrogen and oxygen atoms in total. The van der Waals surface area contributed by atoms with Gasteiger partial charge in [0.1, 0.15) is 6.54 Å². The van der Waals surface area contributed by atoms with Crippen LogP contribution in [0.2, 0.25) is 0 Å². The lowest BCUT2D eigenvalue weighted by atomic mass is 9.93. The van der Waals surface area contributed by atoms with Gasteiger partial charge in [0, 0.05) is 34.3 Å². The van der Waals surface area contributed by atoms with Gasteiger partial charge in [-0.05, 0) is 38.3 Å². The Morgan fingerprint density at radius 2 is 1.82 bits per heavy atom. The third kappa shape index (κ3) is 12.6. The molecule has 11 heteroatoms. The molecular weight excluding hydrogens is 490 g/mol. The Morgan fingerprint density at radius 1 is 1.21 bits per heavy atom. The van der Waals surface area contributed by atoms with Crippen LogP contribution in [0.3, 0.4) is 0 Å². The number of aliphatic imine (C=N–C) groups is 1. The van der Waals surface area contributed by atoms with Gasteiger partial charge < -0.3 is 20.3 Å². The minimum atomic E-state index is -4.13. The summed E-state index contributed by atoms with van der Waals surface area (Å²) in [5.74, 6) is 0.835. The van der Waals surface area contributed by atoms with E-state index < -0.39 is 12.7 Å². The molecule has 1 saturated heterocycles. The van der Waals surface area contributed by atoms with E-state index in [1.807, 2.05) is 0 Å². The fourth-order valence-corrected chi connectivity index (χ4v) is 2.82. The molecule has 0 aromatic heterocycles. The third-order valence-corrected chi connectivity index (χ3v) is 4.42. The molecule has 0 atom stereocenters. The predicted octanol–water partition coefficient (Wildman–Crippen LogP) is 1.54. The number of halogens is 4. The Morgan fingerprint density at radius 3 is 2.36 bits per heavy atom. The largest absolute Gasteiger partial charge is 0.401 e. The molecule has 166 valence electrons. The van der Waals surface area contributed by atoms with Gasteiger partial charge in [-0.25, -0.2) is 4.99 Å². The summed E-state index contributed by atoms with van der Waals surface area (Å²) in [5.41, 5.74) is 0. The number of hydrogen-bond acceptors (Lipinski definition) is 4. The molecule has 1 fully saturated rings. The number of piperidine rings is 1. The molecule has 0 aromatic carbocycles. The van der Waals surface area contributed by atoms with Crippen molar-refractivity contribution in [3.05, 3.63) is 0 Å². The molecule has 1 aliphatic rings. The Labute approximate surface area is 182 Å². The SMILES string of the molecule is COCCNC(=NCC(=O)N(C)C)NCCC1CCN(CC(F)(F)F)CC1.I. The summed E-state index contributed by atoms with van der Waals surface area (Å²) < 4.78 is 42.3. The average Bonchev–Trinajstić information content (AvgIpc) is 2.59. The number of likely N-dealkylation sites (tertiary alicyclic amines) is 1. The van der Waals surface area contributed by atoms with Gasteiger partial charge in [0.2, 0.25) is 5.91 Å². The summed E-state index contributed by atoms with van der Waals surface area (Å²) in [6.45, 7) is 1.92. The predicted molar refractivity (Wildman–Crippen MR) is 114 cm³/mol. The van der Waals surface area contributed by atoms with E-state index in [9.17, 15) is 18.0 Å². The number of methoxy groups -OCH3 is 1. The van der Waals surface area contributed by atoms with Crippen LogP contribution >= 0.6 is 24.0 Å². The van der Waals surface area contributed by atoms with Crippen molar-refractivity contribution in [3.8, 4) is 0 Å². The van der Waals surface area contributed by atoms with Crippen LogP contribution < -0.4 is 10.6 Å². The highest BCUT2D eigenvalue weighted by Crippen LogP contribution is 2.23. The third-order valence-electron chi connectivity index (χ3n) is 4.42. The number of rotatable bonds is 9. The quantitative estimate of drug-likeness (QED) is 0.208. The standard InChI is InChI=1S/C17H32F3N5O2.HI/c1-24(2)15(26)12-23-16(22-8-11-27-3)21-7-4-14-5-9-25(10-6-14)13-17(18,19)20;/h14H,4-13H2,1-3H3,(H2,21,22,23);1H. The molecule has 0 saturated carbocycles. The molecule has 0 aromatic rings. The second-order valence-corrected chi connectivity index (χ2v) is 6.92. The van der Waals surface area contributed by atoms with E-state index in [-0.39, 0.29) is 36.4 Å². The van der Waals surface area contributed by atoms with Gasteiger partial charge in [-0.3, -0.25) is 9.69 Å². The molecule has 0 bridgehead atoms. The molecule has 1 rings (SSSR count). The molecule has 0 aliphatic carbocycles. The fourth-order valence-electron chi connectivity index (χ4n) is 2.82. The summed E-state index contributed by atoms with van der Waals surface area (Å²) in [4.78, 5) is 18.9. The number of hydrogen-bond donors (Lipinski definition) is 2. The molecule has 2 N–H and O–H groups in total. The molecule has 0 radical (unpaired) electrons. The van der Waals surface area contributed by atoms with Gasteiger partial charge in [-0.15, -0.1) is 24.0 Å². The van der Waals surface area contributed by atoms with Crippen molar-refractivity contribution in [1.82, 2.24) is 20.4 Å². The first-order chi connectivity index (χ1) is 12.7. The highest BCUT2D eigenvalue weighted by Gasteiger charge is 2.32. The maximum absolute atomic E-state index is 12.4. The van der Waals surface area contributed by atoms with Crippen LogP contribution in [-0.4, -0.2) is 94.9 Å². The zero-order valence-corrected chi connectivity index (χ0v) is 19.2. The lowest BCUT2D eigenvalue weighted by Crippen LogP contribution is -2.42. The second-order valence-electron chi connectivity index (χ2n) is 6.92. The van der Waals surface area contributed by atoms with Gasteiger partial charge in [-0.2, -0.15) is 13.2 Å². The number of alkyl halides is 3. The minimum absolute atomic E-state index is 0. The maximum atomic E-state index is 12.4. The number of likely N-dealkylation sites (N-methyl/N-ethyl adjacent to an activating group) is 1. The van der Waals surface area contributed by atoms with E-state index in [1.54, 1.807) is 21.2 Å². The molecule has 28 heavy (non-hydrogen) atoms. The number of nitrogens with zero attached hydrogens (tertiary/aromatic N) is 3. The number of amides is 1. The van der Waals surface area contributed by atoms with Crippen molar-refractivity contribution < 1.29 is 22.7 Å². The van der Waals surface area contributed by atoms with Crippen LogP contribution in [0, 0.1) is 5.92 Å². The van der Waals surface area contributed by atoms with E-state index >= 15 is 0 Å². The first-order valence-corrected chi connectivity index (χ1v) is 9.21. The lowest BCUT2D eigenvalue weighted by molar-refractivity contribution is -0.148. The van der Waals surface area contributed by atoms with Gasteiger partial charge in [0.25, 0.3) is 0 Å². The first-order valence-electron chi connectivity index (χ1n) is 9.21. The Balaban J connectivity index is 0.00000729. The Bertz CT molecular complexity index is 470. The zero-order valence-electron chi connectivity index (χ0n) is 16.8. The molecule has 1 aliphatic heterocycles. The summed E-state index contributed by atoms with van der Waals surface area (Å²) in [5, 5.41) is 6.28. The average molecular weight is 523 g/mol. The van der Waals surface area contributed by atoms with Crippen molar-refractivity contribution >= 4 is 35.8 Å². The van der Waals surface area contributed by atoms with Gasteiger partial charge >= 0.3 is 6.18 Å². The monoisotopic (exact) mass is 523 g/mol. The highest BCUT2D eigenvalue weighted by atomic mass is 127. The number of nitrogens with one attached hydrogen (secondary N) is 2. The summed E-state index contributed by atoms with van der Waals surface area (Å²) in [7, 11) is 4.95. The van der Waals surface area contributed by atoms with Crippen molar-refractivity contribution in [1.29, 1.82) is 0 Å². The Hall–Kier alpha value is -0.820. The van der Waals surface area contributed by atoms with Crippen LogP contribution in [0.5, 0.6) is 0 Å². The fraction of sp³-hybridized carbons (Fsp3) is 0.882. The number of carbonyl (C=O) groups excluding carboxylic acids is 1. The number of ether oxygens (including phenoxy) is 1. The van der Waals surface area contributed by atoms with Crippen LogP contribution in [0.25, 0.3) is 0 Å². The maximum Gasteiger partial charge on any atom is 0.401 e. The minimum Gasteiger partial charge on any atom is -0.383 e. The van der Waals surface area contributed by atoms with Crippen LogP contribution in [0.15, 0.2) is 4.99 Å². The van der Waals surface area contributed by atoms with Gasteiger partial charge in [-0.1, -0.05) is 0 Å².